The molecule has 0 unspecified atom stereocenters. The van der Waals surface area contributed by atoms with Crippen molar-refractivity contribution >= 4 is 5.97 Å². The van der Waals surface area contributed by atoms with Crippen LogP contribution in [0.2, 0.25) is 0 Å². The SMILES string of the molecule is CCn1ccnc1CNCC(=O)OC(C)(C)C. The first-order chi connectivity index (χ1) is 7.92. The standard InChI is InChI=1S/C12H21N3O2/c1-5-15-7-6-14-10(15)8-13-9-11(16)17-12(2,3)4/h6-7,13H,5,8-9H2,1-4H3. The summed E-state index contributed by atoms with van der Waals surface area (Å²) in [6.45, 7) is 9.27. The number of hydrogen-bond donors (Lipinski definition) is 1. The lowest BCUT2D eigenvalue weighted by molar-refractivity contribution is -0.153. The van der Waals surface area contributed by atoms with E-state index in [9.17, 15) is 4.79 Å². The first-order valence-corrected chi connectivity index (χ1v) is 5.85. The number of imidazole rings is 1. The highest BCUT2D eigenvalue weighted by atomic mass is 16.6. The predicted octanol–water partition coefficient (Wildman–Crippen LogP) is 1.33. The molecule has 1 rings (SSSR count). The summed E-state index contributed by atoms with van der Waals surface area (Å²) in [6.07, 6.45) is 3.68. The van der Waals surface area contributed by atoms with Crippen LogP contribution in [0.15, 0.2) is 12.4 Å². The number of ether oxygens (including phenoxy) is 1. The molecule has 0 saturated carbocycles. The molecule has 0 spiro atoms. The van der Waals surface area contributed by atoms with E-state index in [1.807, 2.05) is 31.5 Å². The number of hydrogen-bond acceptors (Lipinski definition) is 4. The lowest BCUT2D eigenvalue weighted by Crippen LogP contribution is -2.31. The summed E-state index contributed by atoms with van der Waals surface area (Å²) in [6, 6.07) is 0. The van der Waals surface area contributed by atoms with Crippen LogP contribution in [0.4, 0.5) is 0 Å². The number of aryl methyl sites for hydroxylation is 1. The number of esters is 1. The molecule has 17 heavy (non-hydrogen) atoms. The lowest BCUT2D eigenvalue weighted by Gasteiger charge is -2.19. The Bertz CT molecular complexity index is 366. The average Bonchev–Trinajstić information content (AvgIpc) is 2.62. The Morgan fingerprint density at radius 3 is 2.82 bits per heavy atom. The minimum absolute atomic E-state index is 0.202. The first kappa shape index (κ1) is 13.7. The van der Waals surface area contributed by atoms with E-state index in [2.05, 4.69) is 17.2 Å². The maximum atomic E-state index is 11.4. The van der Waals surface area contributed by atoms with Gasteiger partial charge in [0, 0.05) is 18.9 Å². The number of aromatic nitrogens is 2. The average molecular weight is 239 g/mol. The third-order valence-electron chi connectivity index (χ3n) is 2.11. The van der Waals surface area contributed by atoms with E-state index in [0.29, 0.717) is 6.54 Å². The van der Waals surface area contributed by atoms with Gasteiger partial charge in [0.25, 0.3) is 0 Å². The van der Waals surface area contributed by atoms with Crippen LogP contribution in [0, 0.1) is 0 Å². The van der Waals surface area contributed by atoms with Crippen molar-refractivity contribution in [2.75, 3.05) is 6.54 Å². The maximum absolute atomic E-state index is 11.4. The van der Waals surface area contributed by atoms with Crippen LogP contribution in [0.25, 0.3) is 0 Å². The number of carbonyl (C=O) groups is 1. The number of rotatable bonds is 5. The van der Waals surface area contributed by atoms with Crippen molar-refractivity contribution < 1.29 is 9.53 Å². The minimum atomic E-state index is -0.430. The van der Waals surface area contributed by atoms with Gasteiger partial charge in [-0.05, 0) is 27.7 Å². The summed E-state index contributed by atoms with van der Waals surface area (Å²) >= 11 is 0. The first-order valence-electron chi connectivity index (χ1n) is 5.85. The molecule has 1 heterocycles. The molecule has 0 amide bonds. The molecular formula is C12H21N3O2. The van der Waals surface area contributed by atoms with Gasteiger partial charge in [0.05, 0.1) is 13.1 Å². The fraction of sp³-hybridized carbons (Fsp3) is 0.667. The van der Waals surface area contributed by atoms with Crippen molar-refractivity contribution in [1.29, 1.82) is 0 Å². The number of nitrogens with one attached hydrogen (secondary N) is 1. The molecule has 1 aromatic heterocycles. The Balaban J connectivity index is 2.31. The van der Waals surface area contributed by atoms with Crippen LogP contribution in [-0.2, 0) is 22.6 Å². The Morgan fingerprint density at radius 1 is 1.53 bits per heavy atom. The largest absolute Gasteiger partial charge is 0.459 e. The van der Waals surface area contributed by atoms with E-state index in [-0.39, 0.29) is 12.5 Å². The molecule has 5 nitrogen and oxygen atoms in total. The number of carbonyl (C=O) groups excluding carboxylic acids is 1. The molecule has 0 fully saturated rings. The van der Waals surface area contributed by atoms with Gasteiger partial charge in [-0.1, -0.05) is 0 Å². The van der Waals surface area contributed by atoms with E-state index in [1.165, 1.54) is 0 Å². The highest BCUT2D eigenvalue weighted by molar-refractivity contribution is 5.72. The molecule has 0 aliphatic heterocycles. The maximum Gasteiger partial charge on any atom is 0.320 e. The molecule has 5 heteroatoms. The van der Waals surface area contributed by atoms with Gasteiger partial charge in [-0.3, -0.25) is 10.1 Å². The van der Waals surface area contributed by atoms with E-state index in [1.54, 1.807) is 6.20 Å². The molecule has 0 aliphatic rings. The molecule has 0 saturated heterocycles. The zero-order valence-corrected chi connectivity index (χ0v) is 11.0. The topological polar surface area (TPSA) is 56.2 Å². The van der Waals surface area contributed by atoms with E-state index < -0.39 is 5.60 Å². The highest BCUT2D eigenvalue weighted by Crippen LogP contribution is 2.06. The summed E-state index contributed by atoms with van der Waals surface area (Å²) in [5.74, 6) is 0.683. The third kappa shape index (κ3) is 4.99. The van der Waals surface area contributed by atoms with Gasteiger partial charge in [0.1, 0.15) is 11.4 Å². The van der Waals surface area contributed by atoms with Crippen molar-refractivity contribution in [3.63, 3.8) is 0 Å². The van der Waals surface area contributed by atoms with Gasteiger partial charge in [-0.2, -0.15) is 0 Å². The molecule has 1 N–H and O–H groups in total. The predicted molar refractivity (Wildman–Crippen MR) is 65.5 cm³/mol. The van der Waals surface area contributed by atoms with Crippen LogP contribution in [0.1, 0.15) is 33.5 Å². The quantitative estimate of drug-likeness (QED) is 0.788. The fourth-order valence-electron chi connectivity index (χ4n) is 1.45. The van der Waals surface area contributed by atoms with Crippen molar-refractivity contribution in [1.82, 2.24) is 14.9 Å². The molecule has 96 valence electrons. The number of nitrogens with zero attached hydrogens (tertiary/aromatic N) is 2. The third-order valence-corrected chi connectivity index (χ3v) is 2.11. The second kappa shape index (κ2) is 5.82. The van der Waals surface area contributed by atoms with E-state index >= 15 is 0 Å². The van der Waals surface area contributed by atoms with Crippen LogP contribution in [-0.4, -0.2) is 27.7 Å². The van der Waals surface area contributed by atoms with Crippen LogP contribution in [0.3, 0.4) is 0 Å². The summed E-state index contributed by atoms with van der Waals surface area (Å²) in [5, 5.41) is 3.03. The normalized spacial score (nSPS) is 11.5. The second-order valence-corrected chi connectivity index (χ2v) is 4.82. The summed E-state index contributed by atoms with van der Waals surface area (Å²) in [5.41, 5.74) is -0.430. The summed E-state index contributed by atoms with van der Waals surface area (Å²) in [7, 11) is 0. The monoisotopic (exact) mass is 239 g/mol. The molecule has 0 radical (unpaired) electrons. The molecule has 0 aliphatic carbocycles. The highest BCUT2D eigenvalue weighted by Gasteiger charge is 2.15. The van der Waals surface area contributed by atoms with Gasteiger partial charge in [0.2, 0.25) is 0 Å². The fourth-order valence-corrected chi connectivity index (χ4v) is 1.45. The molecule has 0 aromatic carbocycles. The van der Waals surface area contributed by atoms with Gasteiger partial charge in [0.15, 0.2) is 0 Å². The van der Waals surface area contributed by atoms with Gasteiger partial charge < -0.3 is 9.30 Å². The smallest absolute Gasteiger partial charge is 0.320 e. The van der Waals surface area contributed by atoms with Crippen LogP contribution >= 0.6 is 0 Å². The summed E-state index contributed by atoms with van der Waals surface area (Å²) in [4.78, 5) is 15.6. The Labute approximate surface area is 102 Å². The lowest BCUT2D eigenvalue weighted by atomic mass is 10.2. The van der Waals surface area contributed by atoms with Crippen LogP contribution < -0.4 is 5.32 Å². The zero-order valence-electron chi connectivity index (χ0n) is 11.0. The van der Waals surface area contributed by atoms with Crippen molar-refractivity contribution in [2.24, 2.45) is 0 Å². The van der Waals surface area contributed by atoms with Crippen molar-refractivity contribution in [2.45, 2.75) is 46.4 Å². The molecule has 0 atom stereocenters. The molecule has 0 bridgehead atoms. The Morgan fingerprint density at radius 2 is 2.24 bits per heavy atom. The Kier molecular flexibility index (Phi) is 4.69. The zero-order chi connectivity index (χ0) is 12.9. The van der Waals surface area contributed by atoms with Gasteiger partial charge in [-0.15, -0.1) is 0 Å². The van der Waals surface area contributed by atoms with Crippen molar-refractivity contribution in [3.05, 3.63) is 18.2 Å². The van der Waals surface area contributed by atoms with Crippen molar-refractivity contribution in [3.8, 4) is 0 Å². The van der Waals surface area contributed by atoms with Gasteiger partial charge >= 0.3 is 5.97 Å². The molecular weight excluding hydrogens is 218 g/mol. The summed E-state index contributed by atoms with van der Waals surface area (Å²) < 4.78 is 7.21. The molecule has 1 aromatic rings. The Hall–Kier alpha value is -1.36. The van der Waals surface area contributed by atoms with Crippen LogP contribution in [0.5, 0.6) is 0 Å². The minimum Gasteiger partial charge on any atom is -0.459 e. The second-order valence-electron chi connectivity index (χ2n) is 4.82. The van der Waals surface area contributed by atoms with E-state index in [0.717, 1.165) is 12.4 Å². The van der Waals surface area contributed by atoms with Gasteiger partial charge in [-0.25, -0.2) is 4.98 Å². The van der Waals surface area contributed by atoms with E-state index in [4.69, 9.17) is 4.74 Å².